The summed E-state index contributed by atoms with van der Waals surface area (Å²) in [5.41, 5.74) is 0.840. The highest BCUT2D eigenvalue weighted by Crippen LogP contribution is 2.66. The van der Waals surface area contributed by atoms with Gasteiger partial charge in [0.2, 0.25) is 0 Å². The smallest absolute Gasteiger partial charge is 0.0637 e. The minimum absolute atomic E-state index is 0.386. The van der Waals surface area contributed by atoms with Gasteiger partial charge in [0.25, 0.3) is 0 Å². The summed E-state index contributed by atoms with van der Waals surface area (Å²) in [4.78, 5) is 1.41. The molecule has 2 fully saturated rings. The van der Waals surface area contributed by atoms with Crippen molar-refractivity contribution in [2.45, 2.75) is 59.1 Å². The van der Waals surface area contributed by atoms with Crippen molar-refractivity contribution in [1.82, 2.24) is 5.32 Å². The van der Waals surface area contributed by atoms with E-state index in [0.717, 1.165) is 19.1 Å². The van der Waals surface area contributed by atoms with Gasteiger partial charge in [-0.15, -0.1) is 11.3 Å². The van der Waals surface area contributed by atoms with Gasteiger partial charge in [0.1, 0.15) is 0 Å². The zero-order chi connectivity index (χ0) is 15.1. The van der Waals surface area contributed by atoms with Crippen LogP contribution in [0.2, 0.25) is 0 Å². The minimum Gasteiger partial charge on any atom is -0.376 e. The Kier molecular flexibility index (Phi) is 4.19. The number of fused-ring (bicyclic) bond motifs is 2. The molecule has 0 saturated heterocycles. The predicted molar refractivity (Wildman–Crippen MR) is 89.7 cm³/mol. The van der Waals surface area contributed by atoms with Crippen molar-refractivity contribution in [2.75, 3.05) is 13.2 Å². The number of thiophene rings is 1. The molecule has 2 aliphatic carbocycles. The van der Waals surface area contributed by atoms with E-state index in [4.69, 9.17) is 4.74 Å². The van der Waals surface area contributed by atoms with E-state index < -0.39 is 0 Å². The van der Waals surface area contributed by atoms with Gasteiger partial charge in [-0.05, 0) is 54.4 Å². The molecule has 1 aromatic rings. The molecule has 21 heavy (non-hydrogen) atoms. The van der Waals surface area contributed by atoms with Crippen molar-refractivity contribution >= 4 is 11.3 Å². The van der Waals surface area contributed by atoms with Crippen LogP contribution in [-0.4, -0.2) is 19.3 Å². The second kappa shape index (κ2) is 5.68. The molecule has 0 amide bonds. The maximum absolute atomic E-state index is 6.28. The van der Waals surface area contributed by atoms with E-state index in [0.29, 0.717) is 23.0 Å². The third-order valence-corrected chi connectivity index (χ3v) is 7.61. The Labute approximate surface area is 133 Å². The van der Waals surface area contributed by atoms with E-state index in [1.165, 1.54) is 24.1 Å². The van der Waals surface area contributed by atoms with Crippen LogP contribution < -0.4 is 5.32 Å². The van der Waals surface area contributed by atoms with Crippen LogP contribution in [0.5, 0.6) is 0 Å². The molecule has 3 rings (SSSR count). The van der Waals surface area contributed by atoms with Gasteiger partial charge in [-0.25, -0.2) is 0 Å². The summed E-state index contributed by atoms with van der Waals surface area (Å²) in [6.45, 7) is 11.4. The fraction of sp³-hybridized carbons (Fsp3) is 0.778. The first-order chi connectivity index (χ1) is 9.95. The van der Waals surface area contributed by atoms with Crippen LogP contribution in [0.4, 0.5) is 0 Å². The van der Waals surface area contributed by atoms with Crippen molar-refractivity contribution in [3.05, 3.63) is 22.4 Å². The highest BCUT2D eigenvalue weighted by atomic mass is 32.1. The van der Waals surface area contributed by atoms with E-state index in [-0.39, 0.29) is 0 Å². The Morgan fingerprint density at radius 2 is 2.24 bits per heavy atom. The Bertz CT molecular complexity index is 470. The standard InChI is InChI=1S/C18H29NOS/c1-13(15-6-5-11-21-15)19-9-10-20-16-12-14-7-8-18(16,4)17(14,2)3/h5-6,11,13-14,16,19H,7-10,12H2,1-4H3. The molecular weight excluding hydrogens is 278 g/mol. The van der Waals surface area contributed by atoms with E-state index in [2.05, 4.69) is 50.5 Å². The molecule has 0 aliphatic heterocycles. The minimum atomic E-state index is 0.386. The lowest BCUT2D eigenvalue weighted by Gasteiger charge is -2.39. The van der Waals surface area contributed by atoms with Crippen LogP contribution in [0, 0.1) is 16.7 Å². The van der Waals surface area contributed by atoms with Crippen molar-refractivity contribution in [3.8, 4) is 0 Å². The number of ether oxygens (including phenoxy) is 1. The molecule has 2 bridgehead atoms. The monoisotopic (exact) mass is 307 g/mol. The van der Waals surface area contributed by atoms with Crippen LogP contribution in [0.3, 0.4) is 0 Å². The average Bonchev–Trinajstić information content (AvgIpc) is 3.09. The molecule has 4 unspecified atom stereocenters. The zero-order valence-electron chi connectivity index (χ0n) is 13.8. The number of hydrogen-bond donors (Lipinski definition) is 1. The van der Waals surface area contributed by atoms with E-state index in [1.54, 1.807) is 0 Å². The highest BCUT2D eigenvalue weighted by molar-refractivity contribution is 7.10. The first-order valence-corrected chi connectivity index (χ1v) is 9.21. The van der Waals surface area contributed by atoms with Crippen LogP contribution >= 0.6 is 11.3 Å². The molecular formula is C18H29NOS. The molecule has 1 N–H and O–H groups in total. The average molecular weight is 308 g/mol. The maximum atomic E-state index is 6.28. The molecule has 2 nitrogen and oxygen atoms in total. The summed E-state index contributed by atoms with van der Waals surface area (Å²) < 4.78 is 6.28. The molecule has 3 heteroatoms. The number of rotatable bonds is 6. The van der Waals surface area contributed by atoms with E-state index >= 15 is 0 Å². The third kappa shape index (κ3) is 2.58. The molecule has 0 radical (unpaired) electrons. The first kappa shape index (κ1) is 15.5. The first-order valence-electron chi connectivity index (χ1n) is 8.33. The Morgan fingerprint density at radius 1 is 1.43 bits per heavy atom. The fourth-order valence-corrected chi connectivity index (χ4v) is 5.26. The maximum Gasteiger partial charge on any atom is 0.0637 e. The van der Waals surface area contributed by atoms with Gasteiger partial charge in [0, 0.05) is 17.5 Å². The topological polar surface area (TPSA) is 21.3 Å². The van der Waals surface area contributed by atoms with Crippen molar-refractivity contribution < 1.29 is 4.74 Å². The second-order valence-corrected chi connectivity index (χ2v) is 8.64. The SMILES string of the molecule is CC(NCCOC1CC2CCC1(C)C2(C)C)c1cccs1. The fourth-order valence-electron chi connectivity index (χ4n) is 4.50. The predicted octanol–water partition coefficient (Wildman–Crippen LogP) is 4.63. The molecule has 1 heterocycles. The van der Waals surface area contributed by atoms with E-state index in [9.17, 15) is 0 Å². The number of hydrogen-bond acceptors (Lipinski definition) is 3. The van der Waals surface area contributed by atoms with Gasteiger partial charge < -0.3 is 10.1 Å². The van der Waals surface area contributed by atoms with Crippen LogP contribution in [0.15, 0.2) is 17.5 Å². The molecule has 1 aromatic heterocycles. The summed E-state index contributed by atoms with van der Waals surface area (Å²) in [5, 5.41) is 5.71. The van der Waals surface area contributed by atoms with Crippen molar-refractivity contribution in [2.24, 2.45) is 16.7 Å². The summed E-state index contributed by atoms with van der Waals surface area (Å²) >= 11 is 1.82. The van der Waals surface area contributed by atoms with Crippen molar-refractivity contribution in [3.63, 3.8) is 0 Å². The lowest BCUT2D eigenvalue weighted by molar-refractivity contribution is -0.0453. The largest absolute Gasteiger partial charge is 0.376 e. The molecule has 0 aromatic carbocycles. The van der Waals surface area contributed by atoms with Gasteiger partial charge in [0.15, 0.2) is 0 Å². The van der Waals surface area contributed by atoms with Gasteiger partial charge >= 0.3 is 0 Å². The molecule has 0 spiro atoms. The van der Waals surface area contributed by atoms with Crippen molar-refractivity contribution in [1.29, 1.82) is 0 Å². The molecule has 4 atom stereocenters. The molecule has 118 valence electrons. The third-order valence-electron chi connectivity index (χ3n) is 6.56. The van der Waals surface area contributed by atoms with Crippen LogP contribution in [0.25, 0.3) is 0 Å². The Hall–Kier alpha value is -0.380. The lowest BCUT2D eigenvalue weighted by Crippen LogP contribution is -2.38. The summed E-state index contributed by atoms with van der Waals surface area (Å²) in [6, 6.07) is 4.75. The van der Waals surface area contributed by atoms with E-state index in [1.807, 2.05) is 11.3 Å². The van der Waals surface area contributed by atoms with Gasteiger partial charge in [-0.3, -0.25) is 0 Å². The summed E-state index contributed by atoms with van der Waals surface area (Å²) in [6.07, 6.45) is 4.47. The van der Waals surface area contributed by atoms with Gasteiger partial charge in [-0.1, -0.05) is 26.8 Å². The van der Waals surface area contributed by atoms with Crippen LogP contribution in [-0.2, 0) is 4.74 Å². The Balaban J connectivity index is 1.45. The molecule has 2 aliphatic rings. The van der Waals surface area contributed by atoms with Gasteiger partial charge in [-0.2, -0.15) is 0 Å². The summed E-state index contributed by atoms with van der Waals surface area (Å²) in [5.74, 6) is 0.866. The zero-order valence-corrected chi connectivity index (χ0v) is 14.6. The van der Waals surface area contributed by atoms with Crippen LogP contribution in [0.1, 0.15) is 57.9 Å². The van der Waals surface area contributed by atoms with Gasteiger partial charge in [0.05, 0.1) is 12.7 Å². The lowest BCUT2D eigenvalue weighted by atomic mass is 9.70. The highest BCUT2D eigenvalue weighted by Gasteiger charge is 2.61. The quantitative estimate of drug-likeness (QED) is 0.774. The Morgan fingerprint density at radius 3 is 2.81 bits per heavy atom. The normalized spacial score (nSPS) is 35.2. The summed E-state index contributed by atoms with van der Waals surface area (Å²) in [7, 11) is 0. The second-order valence-electron chi connectivity index (χ2n) is 7.66. The molecule has 2 saturated carbocycles. The number of nitrogens with one attached hydrogen (secondary N) is 1.